The zero-order valence-electron chi connectivity index (χ0n) is 15.1. The fraction of sp³-hybridized carbons (Fsp3) is 0.0556. The Kier molecular flexibility index (Phi) is 4.53. The van der Waals surface area contributed by atoms with Crippen LogP contribution in [0.25, 0.3) is 5.95 Å². The van der Waals surface area contributed by atoms with E-state index in [1.165, 1.54) is 35.3 Å². The summed E-state index contributed by atoms with van der Waals surface area (Å²) in [6.45, 7) is 0. The molecule has 0 aliphatic heterocycles. The Hall–Kier alpha value is -4.41. The topological polar surface area (TPSA) is 134 Å². The maximum atomic E-state index is 12.6. The van der Waals surface area contributed by atoms with Crippen molar-refractivity contribution in [3.05, 3.63) is 82.9 Å². The third-order valence-corrected chi connectivity index (χ3v) is 4.10. The van der Waals surface area contributed by atoms with Crippen molar-refractivity contribution in [2.45, 2.75) is 0 Å². The van der Waals surface area contributed by atoms with Crippen molar-refractivity contribution in [2.75, 3.05) is 5.32 Å². The summed E-state index contributed by atoms with van der Waals surface area (Å²) in [7, 11) is 1.68. The average Bonchev–Trinajstić information content (AvgIpc) is 3.37. The molecule has 0 saturated heterocycles. The molecule has 1 aromatic carbocycles. The average molecular weight is 390 g/mol. The summed E-state index contributed by atoms with van der Waals surface area (Å²) in [6, 6.07) is 5.90. The molecule has 29 heavy (non-hydrogen) atoms. The highest BCUT2D eigenvalue weighted by molar-refractivity contribution is 6.07. The third kappa shape index (κ3) is 3.56. The molecule has 0 aliphatic carbocycles. The number of anilines is 2. The molecule has 0 saturated carbocycles. The number of hydrogen-bond acceptors (Lipinski definition) is 8. The van der Waals surface area contributed by atoms with Crippen LogP contribution in [0.4, 0.5) is 17.1 Å². The highest BCUT2D eigenvalue weighted by atomic mass is 16.6. The van der Waals surface area contributed by atoms with Gasteiger partial charge in [0.1, 0.15) is 5.69 Å². The zero-order chi connectivity index (χ0) is 20.4. The van der Waals surface area contributed by atoms with E-state index in [9.17, 15) is 14.9 Å². The van der Waals surface area contributed by atoms with Crippen LogP contribution in [-0.4, -0.2) is 40.0 Å². The number of aromatic nitrogens is 6. The number of imidazole rings is 1. The molecule has 0 amide bonds. The minimum Gasteiger partial charge on any atom is -0.347 e. The lowest BCUT2D eigenvalue weighted by molar-refractivity contribution is -0.383. The van der Waals surface area contributed by atoms with Crippen LogP contribution in [0.5, 0.6) is 0 Å². The van der Waals surface area contributed by atoms with Crippen molar-refractivity contribution < 1.29 is 9.72 Å². The van der Waals surface area contributed by atoms with Crippen molar-refractivity contribution in [3.63, 3.8) is 0 Å². The number of nitro benzene ring substituents is 1. The highest BCUT2D eigenvalue weighted by Gasteiger charge is 2.21. The molecule has 3 aromatic heterocycles. The maximum absolute atomic E-state index is 12.6. The molecule has 4 aromatic rings. The fourth-order valence-electron chi connectivity index (χ4n) is 2.70. The largest absolute Gasteiger partial charge is 0.347 e. The molecule has 11 heteroatoms. The van der Waals surface area contributed by atoms with Gasteiger partial charge in [-0.25, -0.2) is 19.6 Å². The highest BCUT2D eigenvalue weighted by Crippen LogP contribution is 2.29. The first-order valence-electron chi connectivity index (χ1n) is 8.42. The number of nitro groups is 1. The van der Waals surface area contributed by atoms with Gasteiger partial charge in [-0.15, -0.1) is 0 Å². The van der Waals surface area contributed by atoms with E-state index in [1.54, 1.807) is 42.5 Å². The second kappa shape index (κ2) is 7.31. The van der Waals surface area contributed by atoms with E-state index in [-0.39, 0.29) is 22.8 Å². The summed E-state index contributed by atoms with van der Waals surface area (Å²) in [4.78, 5) is 35.8. The fourth-order valence-corrected chi connectivity index (χ4v) is 2.70. The van der Waals surface area contributed by atoms with Crippen LogP contribution in [0.15, 0.2) is 61.4 Å². The van der Waals surface area contributed by atoms with Crippen LogP contribution in [-0.2, 0) is 7.05 Å². The van der Waals surface area contributed by atoms with Crippen molar-refractivity contribution >= 4 is 22.8 Å². The van der Waals surface area contributed by atoms with Gasteiger partial charge in [0.2, 0.25) is 11.7 Å². The van der Waals surface area contributed by atoms with Gasteiger partial charge in [-0.2, -0.15) is 5.10 Å². The molecule has 11 nitrogen and oxygen atoms in total. The van der Waals surface area contributed by atoms with Crippen molar-refractivity contribution in [2.24, 2.45) is 7.05 Å². The quantitative estimate of drug-likeness (QED) is 0.301. The number of nitrogens with zero attached hydrogens (tertiary/aromatic N) is 7. The Bertz CT molecular complexity index is 1200. The van der Waals surface area contributed by atoms with Gasteiger partial charge >= 0.3 is 0 Å². The molecule has 3 heterocycles. The predicted octanol–water partition coefficient (Wildman–Crippen LogP) is 2.28. The predicted molar refractivity (Wildman–Crippen MR) is 102 cm³/mol. The second-order valence-corrected chi connectivity index (χ2v) is 6.03. The van der Waals surface area contributed by atoms with Gasteiger partial charge in [-0.05, 0) is 18.2 Å². The van der Waals surface area contributed by atoms with Crippen LogP contribution >= 0.6 is 0 Å². The van der Waals surface area contributed by atoms with Gasteiger partial charge in [-0.3, -0.25) is 14.9 Å². The van der Waals surface area contributed by atoms with Gasteiger partial charge in [0.15, 0.2) is 5.82 Å². The van der Waals surface area contributed by atoms with E-state index in [0.29, 0.717) is 11.6 Å². The van der Waals surface area contributed by atoms with E-state index in [2.05, 4.69) is 25.4 Å². The van der Waals surface area contributed by atoms with E-state index >= 15 is 0 Å². The summed E-state index contributed by atoms with van der Waals surface area (Å²) < 4.78 is 2.99. The number of carbonyl (C=O) groups excluding carboxylic acids is 1. The molecule has 0 unspecified atom stereocenters. The third-order valence-electron chi connectivity index (χ3n) is 4.10. The smallest absolute Gasteiger partial charge is 0.293 e. The molecule has 0 fully saturated rings. The lowest BCUT2D eigenvalue weighted by atomic mass is 10.1. The number of ketones is 1. The van der Waals surface area contributed by atoms with Crippen LogP contribution in [0.2, 0.25) is 0 Å². The zero-order valence-corrected chi connectivity index (χ0v) is 15.1. The maximum Gasteiger partial charge on any atom is 0.293 e. The van der Waals surface area contributed by atoms with E-state index in [4.69, 9.17) is 0 Å². The number of rotatable bonds is 6. The molecule has 1 N–H and O–H groups in total. The SMILES string of the molecule is Cn1ccnc1C(=O)c1ccc(Nc2cnn(-c3ncccn3)c2)c([N+](=O)[O-])c1. The first kappa shape index (κ1) is 18.0. The van der Waals surface area contributed by atoms with E-state index < -0.39 is 10.7 Å². The number of carbonyl (C=O) groups is 1. The first-order valence-corrected chi connectivity index (χ1v) is 8.42. The number of nitrogens with one attached hydrogen (secondary N) is 1. The summed E-state index contributed by atoms with van der Waals surface area (Å²) in [5.41, 5.74) is 0.655. The van der Waals surface area contributed by atoms with Crippen LogP contribution in [0.1, 0.15) is 16.2 Å². The molecule has 0 radical (unpaired) electrons. The molecule has 0 atom stereocenters. The van der Waals surface area contributed by atoms with Crippen LogP contribution in [0.3, 0.4) is 0 Å². The van der Waals surface area contributed by atoms with Gasteiger partial charge in [0.05, 0.1) is 23.0 Å². The van der Waals surface area contributed by atoms with Gasteiger partial charge < -0.3 is 9.88 Å². The Morgan fingerprint density at radius 1 is 1.17 bits per heavy atom. The van der Waals surface area contributed by atoms with E-state index in [0.717, 1.165) is 0 Å². The minimum atomic E-state index is -0.553. The number of benzene rings is 1. The van der Waals surface area contributed by atoms with Gasteiger partial charge in [-0.1, -0.05) is 0 Å². The molecule has 0 bridgehead atoms. The Morgan fingerprint density at radius 3 is 2.66 bits per heavy atom. The van der Waals surface area contributed by atoms with Gasteiger partial charge in [0.25, 0.3) is 5.69 Å². The van der Waals surface area contributed by atoms with Gasteiger partial charge in [0, 0.05) is 43.5 Å². The standard InChI is InChI=1S/C18H14N8O3/c1-24-8-7-19-17(24)16(27)12-3-4-14(15(9-12)26(28)29)23-13-10-22-25(11-13)18-20-5-2-6-21-18/h2-11,23H,1H3. The van der Waals surface area contributed by atoms with E-state index in [1.807, 2.05) is 0 Å². The molecular formula is C18H14N8O3. The van der Waals surface area contributed by atoms with Crippen molar-refractivity contribution in [1.82, 2.24) is 29.3 Å². The first-order chi connectivity index (χ1) is 14.0. The summed E-state index contributed by atoms with van der Waals surface area (Å²) in [5.74, 6) is 0.163. The normalized spacial score (nSPS) is 10.7. The molecule has 144 valence electrons. The number of aryl methyl sites for hydroxylation is 1. The van der Waals surface area contributed by atoms with Crippen LogP contribution < -0.4 is 5.32 Å². The monoisotopic (exact) mass is 390 g/mol. The molecule has 0 aliphatic rings. The number of hydrogen-bond donors (Lipinski definition) is 1. The van der Waals surface area contributed by atoms with Crippen LogP contribution in [0, 0.1) is 10.1 Å². The summed E-state index contributed by atoms with van der Waals surface area (Å²) in [6.07, 6.45) is 9.38. The summed E-state index contributed by atoms with van der Waals surface area (Å²) in [5, 5.41) is 18.6. The van der Waals surface area contributed by atoms with Crippen molar-refractivity contribution in [1.29, 1.82) is 0 Å². The minimum absolute atomic E-state index is 0.171. The summed E-state index contributed by atoms with van der Waals surface area (Å²) >= 11 is 0. The molecule has 0 spiro atoms. The lowest BCUT2D eigenvalue weighted by Gasteiger charge is -2.07. The molecule has 4 rings (SSSR count). The Morgan fingerprint density at radius 2 is 1.97 bits per heavy atom. The Balaban J connectivity index is 1.63. The second-order valence-electron chi connectivity index (χ2n) is 6.03. The Labute approximate surface area is 163 Å². The molecular weight excluding hydrogens is 376 g/mol. The van der Waals surface area contributed by atoms with Crippen molar-refractivity contribution in [3.8, 4) is 5.95 Å². The lowest BCUT2D eigenvalue weighted by Crippen LogP contribution is -2.09.